The van der Waals surface area contributed by atoms with E-state index in [1.165, 1.54) is 11.8 Å². The molecule has 2 aromatic carbocycles. The van der Waals surface area contributed by atoms with Crippen LogP contribution in [0.3, 0.4) is 0 Å². The summed E-state index contributed by atoms with van der Waals surface area (Å²) in [5.41, 5.74) is 2.78. The van der Waals surface area contributed by atoms with Crippen LogP contribution >= 0.6 is 11.8 Å². The lowest BCUT2D eigenvalue weighted by molar-refractivity contribution is 0.256. The highest BCUT2D eigenvalue weighted by molar-refractivity contribution is 8.13. The van der Waals surface area contributed by atoms with Crippen molar-refractivity contribution in [3.63, 3.8) is 0 Å². The Bertz CT molecular complexity index is 730. The maximum Gasteiger partial charge on any atom is 0.325 e. The highest BCUT2D eigenvalue weighted by Crippen LogP contribution is 2.13. The molecule has 0 unspecified atom stereocenters. The summed E-state index contributed by atoms with van der Waals surface area (Å²) in [6, 6.07) is 19.0. The van der Waals surface area contributed by atoms with E-state index in [1.54, 1.807) is 0 Å². The van der Waals surface area contributed by atoms with Gasteiger partial charge in [0, 0.05) is 17.2 Å². The lowest BCUT2D eigenvalue weighted by atomic mass is 10.2. The molecule has 0 heterocycles. The zero-order chi connectivity index (χ0) is 17.9. The van der Waals surface area contributed by atoms with E-state index in [0.717, 1.165) is 23.4 Å². The number of carbonyl (C=O) groups is 1. The molecule has 0 aliphatic carbocycles. The Morgan fingerprint density at radius 1 is 1.00 bits per heavy atom. The molecule has 0 radical (unpaired) electrons. The Labute approximate surface area is 152 Å². The first kappa shape index (κ1) is 18.7. The number of hydrogen-bond donors (Lipinski definition) is 2. The number of hydrogen-bond acceptors (Lipinski definition) is 4. The first-order valence-electron chi connectivity index (χ1n) is 8.08. The molecule has 0 aliphatic heterocycles. The molecular formula is C19H22N4OS. The van der Waals surface area contributed by atoms with Crippen molar-refractivity contribution in [1.29, 1.82) is 0 Å². The number of amidine groups is 1. The third kappa shape index (κ3) is 7.22. The van der Waals surface area contributed by atoms with Gasteiger partial charge in [0.2, 0.25) is 0 Å². The minimum absolute atomic E-state index is 0.338. The van der Waals surface area contributed by atoms with Gasteiger partial charge in [0.15, 0.2) is 5.17 Å². The number of thioether (sulfide) groups is 1. The Morgan fingerprint density at radius 3 is 2.28 bits per heavy atom. The predicted octanol–water partition coefficient (Wildman–Crippen LogP) is 4.88. The largest absolute Gasteiger partial charge is 0.325 e. The standard InChI is InChI=1S/C19H22N4OS/c1-3-15(2)22-23-19(25-14-16-10-6-4-7-11-16)21-18(24)20-17-12-8-5-9-13-17/h4-13H,3,14H2,1-2H3,(H2,20,21,23,24)/b22-15-. The van der Waals surface area contributed by atoms with Crippen LogP contribution in [0.5, 0.6) is 0 Å². The molecule has 6 heteroatoms. The molecule has 130 valence electrons. The Balaban J connectivity index is 2.01. The van der Waals surface area contributed by atoms with Crippen molar-refractivity contribution in [2.45, 2.75) is 26.0 Å². The molecule has 2 aromatic rings. The van der Waals surface area contributed by atoms with Gasteiger partial charge in [-0.3, -0.25) is 5.32 Å². The zero-order valence-corrected chi connectivity index (χ0v) is 15.2. The van der Waals surface area contributed by atoms with Crippen molar-refractivity contribution >= 4 is 34.4 Å². The third-order valence-electron chi connectivity index (χ3n) is 3.29. The van der Waals surface area contributed by atoms with Crippen molar-refractivity contribution in [3.8, 4) is 0 Å². The fourth-order valence-corrected chi connectivity index (χ4v) is 2.56. The lowest BCUT2D eigenvalue weighted by Gasteiger charge is -2.09. The van der Waals surface area contributed by atoms with Gasteiger partial charge in [-0.25, -0.2) is 4.79 Å². The van der Waals surface area contributed by atoms with Crippen molar-refractivity contribution in [1.82, 2.24) is 5.32 Å². The van der Waals surface area contributed by atoms with Crippen LogP contribution in [0, 0.1) is 0 Å². The minimum Gasteiger partial charge on any atom is -0.308 e. The van der Waals surface area contributed by atoms with E-state index in [1.807, 2.05) is 74.5 Å². The van der Waals surface area contributed by atoms with Crippen LogP contribution < -0.4 is 10.6 Å². The van der Waals surface area contributed by atoms with Crippen molar-refractivity contribution in [3.05, 3.63) is 66.2 Å². The normalized spacial score (nSPS) is 11.9. The van der Waals surface area contributed by atoms with E-state index in [4.69, 9.17) is 0 Å². The van der Waals surface area contributed by atoms with Gasteiger partial charge in [0.1, 0.15) is 0 Å². The molecular weight excluding hydrogens is 332 g/mol. The van der Waals surface area contributed by atoms with Crippen LogP contribution in [0.15, 0.2) is 70.9 Å². The van der Waals surface area contributed by atoms with Gasteiger partial charge < -0.3 is 5.32 Å². The van der Waals surface area contributed by atoms with Gasteiger partial charge in [-0.05, 0) is 31.0 Å². The molecule has 2 amide bonds. The van der Waals surface area contributed by atoms with Gasteiger partial charge in [0.25, 0.3) is 0 Å². The molecule has 5 nitrogen and oxygen atoms in total. The number of rotatable bonds is 5. The summed E-state index contributed by atoms with van der Waals surface area (Å²) >= 11 is 1.44. The quantitative estimate of drug-likeness (QED) is 0.456. The van der Waals surface area contributed by atoms with Crippen molar-refractivity contribution in [2.24, 2.45) is 10.2 Å². The summed E-state index contributed by atoms with van der Waals surface area (Å²) in [5, 5.41) is 14.4. The molecule has 0 aromatic heterocycles. The van der Waals surface area contributed by atoms with E-state index < -0.39 is 0 Å². The minimum atomic E-state index is -0.338. The molecule has 25 heavy (non-hydrogen) atoms. The lowest BCUT2D eigenvalue weighted by Crippen LogP contribution is -2.32. The molecule has 0 atom stereocenters. The van der Waals surface area contributed by atoms with E-state index in [0.29, 0.717) is 10.9 Å². The summed E-state index contributed by atoms with van der Waals surface area (Å²) < 4.78 is 0. The number of benzene rings is 2. The second-order valence-corrected chi connectivity index (χ2v) is 6.28. The smallest absolute Gasteiger partial charge is 0.308 e. The maximum absolute atomic E-state index is 12.2. The van der Waals surface area contributed by atoms with Crippen molar-refractivity contribution in [2.75, 3.05) is 5.32 Å². The van der Waals surface area contributed by atoms with Gasteiger partial charge in [0.05, 0.1) is 0 Å². The molecule has 0 fully saturated rings. The molecule has 2 rings (SSSR count). The summed E-state index contributed by atoms with van der Waals surface area (Å²) in [4.78, 5) is 12.2. The fourth-order valence-electron chi connectivity index (χ4n) is 1.80. The Kier molecular flexibility index (Phi) is 7.72. The first-order chi connectivity index (χ1) is 12.2. The van der Waals surface area contributed by atoms with Crippen LogP contribution in [-0.4, -0.2) is 16.9 Å². The molecule has 2 N–H and O–H groups in total. The highest BCUT2D eigenvalue weighted by Gasteiger charge is 2.08. The number of carbonyl (C=O) groups excluding carboxylic acids is 1. The van der Waals surface area contributed by atoms with Crippen LogP contribution in [0.2, 0.25) is 0 Å². The second kappa shape index (κ2) is 10.3. The zero-order valence-electron chi connectivity index (χ0n) is 14.4. The maximum atomic E-state index is 12.2. The summed E-state index contributed by atoms with van der Waals surface area (Å²) in [6.07, 6.45) is 0.816. The number of nitrogens with one attached hydrogen (secondary N) is 2. The van der Waals surface area contributed by atoms with Gasteiger partial charge in [-0.1, -0.05) is 67.2 Å². The van der Waals surface area contributed by atoms with E-state index in [9.17, 15) is 4.79 Å². The van der Waals surface area contributed by atoms with E-state index in [2.05, 4.69) is 20.8 Å². The van der Waals surface area contributed by atoms with Crippen LogP contribution in [-0.2, 0) is 5.75 Å². The molecule has 0 bridgehead atoms. The second-order valence-electron chi connectivity index (χ2n) is 5.31. The number of para-hydroxylation sites is 1. The highest BCUT2D eigenvalue weighted by atomic mass is 32.2. The number of urea groups is 1. The summed E-state index contributed by atoms with van der Waals surface area (Å²) in [7, 11) is 0. The number of amides is 2. The average Bonchev–Trinajstić information content (AvgIpc) is 2.65. The van der Waals surface area contributed by atoms with Gasteiger partial charge >= 0.3 is 6.03 Å². The molecule has 0 aliphatic rings. The van der Waals surface area contributed by atoms with Crippen LogP contribution in [0.1, 0.15) is 25.8 Å². The molecule has 0 saturated heterocycles. The summed E-state index contributed by atoms with van der Waals surface area (Å²) in [6.45, 7) is 3.92. The summed E-state index contributed by atoms with van der Waals surface area (Å²) in [5.74, 6) is 0.700. The monoisotopic (exact) mass is 354 g/mol. The molecule has 0 saturated carbocycles. The SMILES string of the molecule is CC/C(C)=N\N=C(\NC(=O)Nc1ccccc1)SCc1ccccc1. The fraction of sp³-hybridized carbons (Fsp3) is 0.211. The topological polar surface area (TPSA) is 65.8 Å². The Hall–Kier alpha value is -2.60. The Morgan fingerprint density at radius 2 is 1.64 bits per heavy atom. The van der Waals surface area contributed by atoms with Gasteiger partial charge in [-0.15, -0.1) is 5.10 Å². The third-order valence-corrected chi connectivity index (χ3v) is 4.23. The predicted molar refractivity (Wildman–Crippen MR) is 107 cm³/mol. The van der Waals surface area contributed by atoms with Crippen molar-refractivity contribution < 1.29 is 4.79 Å². The van der Waals surface area contributed by atoms with Gasteiger partial charge in [-0.2, -0.15) is 5.10 Å². The first-order valence-corrected chi connectivity index (χ1v) is 9.07. The van der Waals surface area contributed by atoms with E-state index >= 15 is 0 Å². The van der Waals surface area contributed by atoms with Crippen LogP contribution in [0.4, 0.5) is 10.5 Å². The van der Waals surface area contributed by atoms with Crippen LogP contribution in [0.25, 0.3) is 0 Å². The number of anilines is 1. The average molecular weight is 354 g/mol. The van der Waals surface area contributed by atoms with E-state index in [-0.39, 0.29) is 6.03 Å². The molecule has 0 spiro atoms. The number of nitrogens with zero attached hydrogens (tertiary/aromatic N) is 2.